The lowest BCUT2D eigenvalue weighted by molar-refractivity contribution is 0.610. The van der Waals surface area contributed by atoms with E-state index in [-0.39, 0.29) is 24.5 Å². The summed E-state index contributed by atoms with van der Waals surface area (Å²) in [6.07, 6.45) is 1.64. The van der Waals surface area contributed by atoms with Crippen molar-refractivity contribution in [3.05, 3.63) is 76.0 Å². The van der Waals surface area contributed by atoms with Crippen molar-refractivity contribution in [3.8, 4) is 0 Å². The van der Waals surface area contributed by atoms with Crippen molar-refractivity contribution in [3.63, 3.8) is 0 Å². The molecule has 2 N–H and O–H groups in total. The third kappa shape index (κ3) is 2.68. The van der Waals surface area contributed by atoms with E-state index in [0.29, 0.717) is 16.5 Å². The van der Waals surface area contributed by atoms with Gasteiger partial charge >= 0.3 is 0 Å². The summed E-state index contributed by atoms with van der Waals surface area (Å²) in [4.78, 5) is 12.4. The minimum absolute atomic E-state index is 0.188. The van der Waals surface area contributed by atoms with Crippen molar-refractivity contribution in [2.45, 2.75) is 13.1 Å². The van der Waals surface area contributed by atoms with Crippen molar-refractivity contribution >= 4 is 10.8 Å². The van der Waals surface area contributed by atoms with Crippen molar-refractivity contribution in [1.29, 1.82) is 0 Å². The van der Waals surface area contributed by atoms with Gasteiger partial charge in [-0.3, -0.25) is 4.79 Å². The van der Waals surface area contributed by atoms with E-state index >= 15 is 0 Å². The second kappa shape index (κ2) is 5.46. The Morgan fingerprint density at radius 1 is 1.14 bits per heavy atom. The third-order valence-corrected chi connectivity index (χ3v) is 3.35. The van der Waals surface area contributed by atoms with Crippen LogP contribution in [0.15, 0.2) is 53.5 Å². The molecule has 0 saturated carbocycles. The average molecular weight is 283 g/mol. The Balaban J connectivity index is 2.04. The van der Waals surface area contributed by atoms with E-state index < -0.39 is 0 Å². The quantitative estimate of drug-likeness (QED) is 0.800. The van der Waals surface area contributed by atoms with Crippen molar-refractivity contribution in [2.75, 3.05) is 0 Å². The number of nitrogens with zero attached hydrogens (tertiary/aromatic N) is 2. The van der Waals surface area contributed by atoms with Gasteiger partial charge in [0.05, 0.1) is 18.1 Å². The Morgan fingerprint density at radius 2 is 1.90 bits per heavy atom. The number of hydrogen-bond acceptors (Lipinski definition) is 3. The van der Waals surface area contributed by atoms with E-state index in [1.165, 1.54) is 16.8 Å². The molecule has 0 amide bonds. The highest BCUT2D eigenvalue weighted by atomic mass is 19.1. The Morgan fingerprint density at radius 3 is 2.71 bits per heavy atom. The number of halogens is 1. The van der Waals surface area contributed by atoms with E-state index in [2.05, 4.69) is 5.10 Å². The van der Waals surface area contributed by atoms with Crippen LogP contribution in [0.3, 0.4) is 0 Å². The summed E-state index contributed by atoms with van der Waals surface area (Å²) in [5.74, 6) is -0.359. The van der Waals surface area contributed by atoms with Crippen LogP contribution in [0.5, 0.6) is 0 Å². The summed E-state index contributed by atoms with van der Waals surface area (Å²) >= 11 is 0. The molecule has 0 radical (unpaired) electrons. The topological polar surface area (TPSA) is 60.9 Å². The molecule has 1 aromatic heterocycles. The molecule has 0 atom stereocenters. The summed E-state index contributed by atoms with van der Waals surface area (Å²) in [6.45, 7) is 0.471. The van der Waals surface area contributed by atoms with Gasteiger partial charge in [-0.2, -0.15) is 5.10 Å². The zero-order valence-corrected chi connectivity index (χ0v) is 11.3. The fourth-order valence-electron chi connectivity index (χ4n) is 2.34. The molecular weight excluding hydrogens is 269 g/mol. The number of hydrogen-bond donors (Lipinski definition) is 1. The normalized spacial score (nSPS) is 11.0. The molecule has 21 heavy (non-hydrogen) atoms. The molecule has 0 fully saturated rings. The molecule has 0 aliphatic carbocycles. The number of rotatable bonds is 3. The van der Waals surface area contributed by atoms with Gasteiger partial charge in [-0.05, 0) is 29.3 Å². The van der Waals surface area contributed by atoms with E-state index in [4.69, 9.17) is 5.73 Å². The van der Waals surface area contributed by atoms with E-state index in [1.54, 1.807) is 18.3 Å². The van der Waals surface area contributed by atoms with Crippen LogP contribution in [-0.4, -0.2) is 9.78 Å². The third-order valence-electron chi connectivity index (χ3n) is 3.35. The summed E-state index contributed by atoms with van der Waals surface area (Å²) in [5.41, 5.74) is 6.71. The highest BCUT2D eigenvalue weighted by Crippen LogP contribution is 2.11. The van der Waals surface area contributed by atoms with Crippen molar-refractivity contribution < 1.29 is 4.39 Å². The lowest BCUT2D eigenvalue weighted by Crippen LogP contribution is -2.23. The van der Waals surface area contributed by atoms with Gasteiger partial charge in [0.2, 0.25) is 0 Å². The molecule has 5 heteroatoms. The van der Waals surface area contributed by atoms with Gasteiger partial charge in [0.1, 0.15) is 5.82 Å². The standard InChI is InChI=1S/C16H14FN3O/c17-14-6-11(8-18)5-12(7-14)10-20-16(21)15-4-2-1-3-13(15)9-19-20/h1-7,9H,8,10,18H2. The van der Waals surface area contributed by atoms with Gasteiger partial charge in [-0.1, -0.05) is 24.3 Å². The van der Waals surface area contributed by atoms with Crippen molar-refractivity contribution in [2.24, 2.45) is 5.73 Å². The van der Waals surface area contributed by atoms with E-state index in [1.807, 2.05) is 18.2 Å². The molecule has 0 spiro atoms. The summed E-state index contributed by atoms with van der Waals surface area (Å²) in [6, 6.07) is 11.8. The molecule has 0 aliphatic heterocycles. The van der Waals surface area contributed by atoms with Gasteiger partial charge < -0.3 is 5.73 Å². The number of nitrogens with two attached hydrogens (primary N) is 1. The first-order valence-electron chi connectivity index (χ1n) is 6.60. The van der Waals surface area contributed by atoms with Gasteiger partial charge in [0.25, 0.3) is 5.56 Å². The SMILES string of the molecule is NCc1cc(F)cc(Cn2ncc3ccccc3c2=O)c1. The molecule has 2 aromatic carbocycles. The maximum Gasteiger partial charge on any atom is 0.274 e. The number of aromatic nitrogens is 2. The van der Waals surface area contributed by atoms with Crippen LogP contribution < -0.4 is 11.3 Å². The zero-order chi connectivity index (χ0) is 14.8. The first-order valence-corrected chi connectivity index (χ1v) is 6.60. The van der Waals surface area contributed by atoms with Gasteiger partial charge in [-0.15, -0.1) is 0 Å². The maximum absolute atomic E-state index is 13.5. The smallest absolute Gasteiger partial charge is 0.274 e. The minimum atomic E-state index is -0.359. The van der Waals surface area contributed by atoms with Crippen LogP contribution in [0.4, 0.5) is 4.39 Å². The fourth-order valence-corrected chi connectivity index (χ4v) is 2.34. The number of benzene rings is 2. The molecule has 1 heterocycles. The van der Waals surface area contributed by atoms with Crippen molar-refractivity contribution in [1.82, 2.24) is 9.78 Å². The molecule has 4 nitrogen and oxygen atoms in total. The largest absolute Gasteiger partial charge is 0.326 e. The summed E-state index contributed by atoms with van der Waals surface area (Å²) in [5, 5.41) is 5.53. The molecular formula is C16H14FN3O. The number of fused-ring (bicyclic) bond motifs is 1. The summed E-state index contributed by atoms with van der Waals surface area (Å²) in [7, 11) is 0. The molecule has 0 bridgehead atoms. The van der Waals surface area contributed by atoms with Crippen LogP contribution in [0.1, 0.15) is 11.1 Å². The second-order valence-corrected chi connectivity index (χ2v) is 4.87. The lowest BCUT2D eigenvalue weighted by atomic mass is 10.1. The average Bonchev–Trinajstić information content (AvgIpc) is 2.50. The maximum atomic E-state index is 13.5. The van der Waals surface area contributed by atoms with Crippen LogP contribution in [-0.2, 0) is 13.1 Å². The first-order chi connectivity index (χ1) is 10.2. The highest BCUT2D eigenvalue weighted by Gasteiger charge is 2.06. The van der Waals surface area contributed by atoms with Gasteiger partial charge in [0, 0.05) is 11.9 Å². The lowest BCUT2D eigenvalue weighted by Gasteiger charge is -2.08. The van der Waals surface area contributed by atoms with Gasteiger partial charge in [-0.25, -0.2) is 9.07 Å². The monoisotopic (exact) mass is 283 g/mol. The van der Waals surface area contributed by atoms with E-state index in [0.717, 1.165) is 5.39 Å². The Hall–Kier alpha value is -2.53. The predicted molar refractivity (Wildman–Crippen MR) is 79.4 cm³/mol. The molecule has 3 rings (SSSR count). The highest BCUT2D eigenvalue weighted by molar-refractivity contribution is 5.80. The first kappa shape index (κ1) is 13.5. The Labute approximate surface area is 120 Å². The molecule has 0 unspecified atom stereocenters. The minimum Gasteiger partial charge on any atom is -0.326 e. The van der Waals surface area contributed by atoms with Crippen LogP contribution in [0, 0.1) is 5.82 Å². The zero-order valence-electron chi connectivity index (χ0n) is 11.3. The Bertz CT molecular complexity index is 858. The summed E-state index contributed by atoms with van der Waals surface area (Å²) < 4.78 is 14.8. The molecule has 0 aliphatic rings. The van der Waals surface area contributed by atoms with Crippen LogP contribution in [0.25, 0.3) is 10.8 Å². The Kier molecular flexibility index (Phi) is 3.50. The molecule has 3 aromatic rings. The molecule has 0 saturated heterocycles. The molecule has 106 valence electrons. The van der Waals surface area contributed by atoms with Crippen LogP contribution >= 0.6 is 0 Å². The van der Waals surface area contributed by atoms with Gasteiger partial charge in [0.15, 0.2) is 0 Å². The second-order valence-electron chi connectivity index (χ2n) is 4.87. The fraction of sp³-hybridized carbons (Fsp3) is 0.125. The van der Waals surface area contributed by atoms with E-state index in [9.17, 15) is 9.18 Å². The predicted octanol–water partition coefficient (Wildman–Crippen LogP) is 2.04. The van der Waals surface area contributed by atoms with Crippen LogP contribution in [0.2, 0.25) is 0 Å².